The molecular weight excluding hydrogens is 324 g/mol. The average molecular weight is 338 g/mol. The van der Waals surface area contributed by atoms with Crippen LogP contribution in [0.4, 0.5) is 0 Å². The predicted octanol–water partition coefficient (Wildman–Crippen LogP) is 1.24. The Labute approximate surface area is 141 Å². The molecule has 8 heteroatoms. The molecule has 0 spiro atoms. The van der Waals surface area contributed by atoms with E-state index in [9.17, 15) is 15.0 Å². The molecule has 0 saturated heterocycles. The molecule has 1 aliphatic heterocycles. The van der Waals surface area contributed by atoms with Gasteiger partial charge in [-0.05, 0) is 23.8 Å². The van der Waals surface area contributed by atoms with Gasteiger partial charge in [0, 0.05) is 18.7 Å². The number of hydrazone groups is 1. The molecule has 0 radical (unpaired) electrons. The van der Waals surface area contributed by atoms with Crippen LogP contribution in [0.5, 0.6) is 11.5 Å². The maximum Gasteiger partial charge on any atom is 0.212 e. The molecule has 1 aromatic heterocycles. The Balaban J connectivity index is 1.77. The molecule has 0 saturated carbocycles. The maximum atomic E-state index is 12.7. The first-order valence-electron chi connectivity index (χ1n) is 7.62. The highest BCUT2D eigenvalue weighted by Gasteiger charge is 2.13. The Morgan fingerprint density at radius 1 is 1.24 bits per heavy atom. The summed E-state index contributed by atoms with van der Waals surface area (Å²) in [5, 5.41) is 26.9. The molecule has 3 aromatic rings. The van der Waals surface area contributed by atoms with Gasteiger partial charge in [-0.3, -0.25) is 4.79 Å². The lowest BCUT2D eigenvalue weighted by Gasteiger charge is -2.05. The Morgan fingerprint density at radius 3 is 2.92 bits per heavy atom. The van der Waals surface area contributed by atoms with Crippen molar-refractivity contribution in [1.29, 1.82) is 0 Å². The van der Waals surface area contributed by atoms with Crippen LogP contribution in [0, 0.1) is 0 Å². The van der Waals surface area contributed by atoms with Crippen LogP contribution in [0.3, 0.4) is 0 Å². The second kappa shape index (κ2) is 5.82. The maximum absolute atomic E-state index is 12.7. The van der Waals surface area contributed by atoms with Crippen molar-refractivity contribution in [2.24, 2.45) is 10.1 Å². The molecule has 4 rings (SSSR count). The summed E-state index contributed by atoms with van der Waals surface area (Å²) in [6.45, 7) is 1.49. The zero-order valence-electron chi connectivity index (χ0n) is 13.0. The highest BCUT2D eigenvalue weighted by Crippen LogP contribution is 2.29. The Bertz CT molecular complexity index is 1100. The van der Waals surface area contributed by atoms with Gasteiger partial charge < -0.3 is 19.9 Å². The number of rotatable bonds is 2. The molecule has 2 heterocycles. The topological polar surface area (TPSA) is 119 Å². The molecule has 25 heavy (non-hydrogen) atoms. The molecule has 126 valence electrons. The first-order valence-corrected chi connectivity index (χ1v) is 7.62. The van der Waals surface area contributed by atoms with Crippen LogP contribution in [0.2, 0.25) is 0 Å². The number of guanidine groups is 1. The van der Waals surface area contributed by atoms with Gasteiger partial charge in [0.2, 0.25) is 11.4 Å². The number of fused-ring (bicyclic) bond motifs is 2. The summed E-state index contributed by atoms with van der Waals surface area (Å²) in [5.41, 5.74) is 3.57. The number of aliphatic imine (C=N–C) groups is 1. The SMILES string of the molecule is O=c1c2cc(/C=N/NC3=NCCN3)ccc2oc2cc(O)cc(O)c12. The second-order valence-electron chi connectivity index (χ2n) is 5.55. The Hall–Kier alpha value is -3.55. The fraction of sp³-hybridized carbons (Fsp3) is 0.118. The van der Waals surface area contributed by atoms with E-state index in [1.54, 1.807) is 24.4 Å². The third-order valence-corrected chi connectivity index (χ3v) is 3.82. The monoisotopic (exact) mass is 338 g/mol. The summed E-state index contributed by atoms with van der Waals surface area (Å²) in [5.74, 6) is 0.106. The van der Waals surface area contributed by atoms with Crippen LogP contribution in [-0.4, -0.2) is 35.5 Å². The minimum atomic E-state index is -0.376. The van der Waals surface area contributed by atoms with Gasteiger partial charge in [0.25, 0.3) is 0 Å². The van der Waals surface area contributed by atoms with Crippen LogP contribution < -0.4 is 16.2 Å². The number of phenols is 2. The third kappa shape index (κ3) is 2.74. The molecule has 0 atom stereocenters. The molecule has 4 N–H and O–H groups in total. The normalized spacial score (nSPS) is 14.2. The first kappa shape index (κ1) is 15.0. The predicted molar refractivity (Wildman–Crippen MR) is 94.4 cm³/mol. The molecule has 8 nitrogen and oxygen atoms in total. The lowest BCUT2D eigenvalue weighted by atomic mass is 10.1. The number of nitrogens with zero attached hydrogens (tertiary/aromatic N) is 2. The van der Waals surface area contributed by atoms with Gasteiger partial charge in [-0.2, -0.15) is 5.10 Å². The Morgan fingerprint density at radius 2 is 2.12 bits per heavy atom. The van der Waals surface area contributed by atoms with E-state index in [2.05, 4.69) is 20.8 Å². The first-order chi connectivity index (χ1) is 12.1. The zero-order valence-corrected chi connectivity index (χ0v) is 13.0. The molecule has 0 aliphatic carbocycles. The van der Waals surface area contributed by atoms with Gasteiger partial charge in [0.15, 0.2) is 0 Å². The fourth-order valence-corrected chi connectivity index (χ4v) is 2.68. The van der Waals surface area contributed by atoms with E-state index in [1.165, 1.54) is 6.07 Å². The smallest absolute Gasteiger partial charge is 0.212 e. The highest BCUT2D eigenvalue weighted by atomic mass is 16.3. The molecular formula is C17H14N4O4. The number of phenolic OH excluding ortho intramolecular Hbond substituents is 2. The van der Waals surface area contributed by atoms with Gasteiger partial charge in [0.1, 0.15) is 28.1 Å². The molecule has 0 fully saturated rings. The van der Waals surface area contributed by atoms with Gasteiger partial charge in [-0.1, -0.05) is 0 Å². The average Bonchev–Trinajstić information content (AvgIpc) is 3.08. The number of nitrogens with one attached hydrogen (secondary N) is 2. The van der Waals surface area contributed by atoms with E-state index < -0.39 is 0 Å². The van der Waals surface area contributed by atoms with E-state index in [4.69, 9.17) is 4.42 Å². The summed E-state index contributed by atoms with van der Waals surface area (Å²) in [7, 11) is 0. The minimum Gasteiger partial charge on any atom is -0.508 e. The van der Waals surface area contributed by atoms with Crippen LogP contribution in [0.25, 0.3) is 21.9 Å². The van der Waals surface area contributed by atoms with Gasteiger partial charge in [-0.25, -0.2) is 10.4 Å². The van der Waals surface area contributed by atoms with Crippen LogP contribution in [0.1, 0.15) is 5.56 Å². The van der Waals surface area contributed by atoms with E-state index in [-0.39, 0.29) is 27.9 Å². The van der Waals surface area contributed by atoms with Crippen molar-refractivity contribution in [2.75, 3.05) is 13.1 Å². The van der Waals surface area contributed by atoms with Crippen molar-refractivity contribution in [1.82, 2.24) is 10.7 Å². The lowest BCUT2D eigenvalue weighted by molar-refractivity contribution is 0.453. The quantitative estimate of drug-likeness (QED) is 0.317. The highest BCUT2D eigenvalue weighted by molar-refractivity contribution is 5.96. The van der Waals surface area contributed by atoms with Gasteiger partial charge in [0.05, 0.1) is 18.1 Å². The lowest BCUT2D eigenvalue weighted by Crippen LogP contribution is -2.30. The minimum absolute atomic E-state index is 0.0297. The number of aromatic hydroxyl groups is 2. The largest absolute Gasteiger partial charge is 0.508 e. The summed E-state index contributed by atoms with van der Waals surface area (Å²) in [6.07, 6.45) is 1.56. The van der Waals surface area contributed by atoms with Crippen LogP contribution in [-0.2, 0) is 0 Å². The van der Waals surface area contributed by atoms with Gasteiger partial charge >= 0.3 is 0 Å². The number of benzene rings is 2. The van der Waals surface area contributed by atoms with E-state index in [1.807, 2.05) is 0 Å². The zero-order chi connectivity index (χ0) is 17.4. The van der Waals surface area contributed by atoms with Gasteiger partial charge in [-0.15, -0.1) is 0 Å². The third-order valence-electron chi connectivity index (χ3n) is 3.82. The summed E-state index contributed by atoms with van der Waals surface area (Å²) < 4.78 is 5.62. The molecule has 0 amide bonds. The second-order valence-corrected chi connectivity index (χ2v) is 5.55. The standard InChI is InChI=1S/C17H14N4O4/c22-10-6-12(23)15-14(7-10)25-13-2-1-9(5-11(13)16(15)24)8-20-21-17-18-3-4-19-17/h1-2,5-8,22-23H,3-4H2,(H2,18,19,21)/b20-8+. The van der Waals surface area contributed by atoms with E-state index in [0.29, 0.717) is 29.0 Å². The fourth-order valence-electron chi connectivity index (χ4n) is 2.68. The molecule has 2 aromatic carbocycles. The summed E-state index contributed by atoms with van der Waals surface area (Å²) >= 11 is 0. The van der Waals surface area contributed by atoms with Crippen molar-refractivity contribution in [3.63, 3.8) is 0 Å². The number of hydrogen-bond donors (Lipinski definition) is 4. The summed E-state index contributed by atoms with van der Waals surface area (Å²) in [6, 6.07) is 7.42. The van der Waals surface area contributed by atoms with Crippen molar-refractivity contribution in [3.05, 3.63) is 46.1 Å². The van der Waals surface area contributed by atoms with E-state index in [0.717, 1.165) is 12.6 Å². The Kier molecular flexibility index (Phi) is 3.50. The van der Waals surface area contributed by atoms with Crippen molar-refractivity contribution < 1.29 is 14.6 Å². The van der Waals surface area contributed by atoms with Crippen LogP contribution >= 0.6 is 0 Å². The molecule has 0 bridgehead atoms. The van der Waals surface area contributed by atoms with E-state index >= 15 is 0 Å². The molecule has 1 aliphatic rings. The van der Waals surface area contributed by atoms with Crippen molar-refractivity contribution in [3.8, 4) is 11.5 Å². The van der Waals surface area contributed by atoms with Crippen molar-refractivity contribution in [2.45, 2.75) is 0 Å². The number of hydrogen-bond acceptors (Lipinski definition) is 8. The van der Waals surface area contributed by atoms with Crippen LogP contribution in [0.15, 0.2) is 49.6 Å². The molecule has 0 unspecified atom stereocenters. The van der Waals surface area contributed by atoms with Crippen molar-refractivity contribution >= 4 is 34.1 Å². The summed E-state index contributed by atoms with van der Waals surface area (Å²) in [4.78, 5) is 16.8.